The summed E-state index contributed by atoms with van der Waals surface area (Å²) in [6, 6.07) is 0. The van der Waals surface area contributed by atoms with Crippen molar-refractivity contribution in [2.24, 2.45) is 29.6 Å². The van der Waals surface area contributed by atoms with E-state index in [4.69, 9.17) is 4.74 Å². The molecule has 2 heteroatoms. The second-order valence-electron chi connectivity index (χ2n) is 5.66. The first kappa shape index (κ1) is 15.8. The van der Waals surface area contributed by atoms with E-state index in [-0.39, 0.29) is 19.3 Å². The third-order valence-electron chi connectivity index (χ3n) is 5.02. The number of cyclic esters (lactones) is 1. The topological polar surface area (TPSA) is 26.3 Å². The third-order valence-corrected chi connectivity index (χ3v) is 5.02. The molecule has 0 aromatic carbocycles. The van der Waals surface area contributed by atoms with E-state index >= 15 is 0 Å². The number of rotatable bonds is 1. The molecule has 0 amide bonds. The van der Waals surface area contributed by atoms with E-state index in [1.807, 2.05) is 0 Å². The molecule has 2 nitrogen and oxygen atoms in total. The summed E-state index contributed by atoms with van der Waals surface area (Å²) in [4.78, 5) is 11.7. The Morgan fingerprint density at radius 1 is 1.21 bits per heavy atom. The van der Waals surface area contributed by atoms with Crippen LogP contribution in [0.1, 0.15) is 39.5 Å². The van der Waals surface area contributed by atoms with Crippen LogP contribution in [0.15, 0.2) is 12.7 Å². The van der Waals surface area contributed by atoms with Crippen molar-refractivity contribution < 1.29 is 9.53 Å². The fourth-order valence-electron chi connectivity index (χ4n) is 4.26. The Balaban J connectivity index is 0.000000576. The molecule has 3 aliphatic rings. The molecule has 5 atom stereocenters. The summed E-state index contributed by atoms with van der Waals surface area (Å²) in [6.45, 7) is 4.64. The van der Waals surface area contributed by atoms with Crippen molar-refractivity contribution in [1.82, 2.24) is 0 Å². The largest absolute Gasteiger partial charge is 0.465 e. The molecular weight excluding hydrogens is 236 g/mol. The zero-order valence-electron chi connectivity index (χ0n) is 10.9. The molecule has 2 aliphatic carbocycles. The summed E-state index contributed by atoms with van der Waals surface area (Å²) >= 11 is 0. The predicted octanol–water partition coefficient (Wildman–Crippen LogP) is 3.67. The Bertz CT molecular complexity index is 344. The molecule has 2 saturated carbocycles. The predicted molar refractivity (Wildman–Crippen MR) is 78.3 cm³/mol. The second kappa shape index (κ2) is 6.80. The van der Waals surface area contributed by atoms with Gasteiger partial charge in [0.15, 0.2) is 0 Å². The Morgan fingerprint density at radius 3 is 2.58 bits per heavy atom. The molecule has 0 bridgehead atoms. The fraction of sp³-hybridized carbons (Fsp3) is 0.706. The van der Waals surface area contributed by atoms with Crippen LogP contribution in [0.25, 0.3) is 0 Å². The third kappa shape index (κ3) is 2.71. The average molecular weight is 262 g/mol. The standard InChI is InChI=1S/C14H20O2.C2H2.CH4/c1-2-10-11-6-4-3-5-9(11)7-12-13(10)8-16-14(12)15;1-2;/h2,9-13H,1,3-8H2;1-2H;1H4/t9?,10-,11+,12+,13-;;/m1../s1. The highest BCUT2D eigenvalue weighted by Crippen LogP contribution is 2.51. The van der Waals surface area contributed by atoms with Crippen molar-refractivity contribution in [1.29, 1.82) is 0 Å². The van der Waals surface area contributed by atoms with E-state index in [2.05, 4.69) is 25.5 Å². The van der Waals surface area contributed by atoms with Gasteiger partial charge >= 0.3 is 5.97 Å². The summed E-state index contributed by atoms with van der Waals surface area (Å²) in [5.41, 5.74) is 0. The molecule has 106 valence electrons. The highest BCUT2D eigenvalue weighted by molar-refractivity contribution is 5.75. The number of esters is 1. The van der Waals surface area contributed by atoms with Gasteiger partial charge in [-0.15, -0.1) is 19.4 Å². The van der Waals surface area contributed by atoms with Crippen LogP contribution in [0.3, 0.4) is 0 Å². The van der Waals surface area contributed by atoms with E-state index in [1.54, 1.807) is 0 Å². The molecule has 0 N–H and O–H groups in total. The van der Waals surface area contributed by atoms with Crippen molar-refractivity contribution in [3.8, 4) is 12.8 Å². The number of carbonyl (C=O) groups is 1. The normalized spacial score (nSPS) is 39.5. The quantitative estimate of drug-likeness (QED) is 0.409. The number of hydrogen-bond acceptors (Lipinski definition) is 2. The maximum absolute atomic E-state index is 11.7. The van der Waals surface area contributed by atoms with Crippen molar-refractivity contribution >= 4 is 5.97 Å². The highest BCUT2D eigenvalue weighted by atomic mass is 16.5. The maximum Gasteiger partial charge on any atom is 0.309 e. The van der Waals surface area contributed by atoms with E-state index in [0.717, 1.165) is 18.3 Å². The van der Waals surface area contributed by atoms with Gasteiger partial charge in [-0.2, -0.15) is 0 Å². The zero-order valence-corrected chi connectivity index (χ0v) is 10.9. The van der Waals surface area contributed by atoms with Gasteiger partial charge in [0.2, 0.25) is 0 Å². The van der Waals surface area contributed by atoms with Crippen LogP contribution in [-0.4, -0.2) is 12.6 Å². The molecule has 1 saturated heterocycles. The molecule has 3 fully saturated rings. The van der Waals surface area contributed by atoms with Gasteiger partial charge in [-0.05, 0) is 30.6 Å². The lowest BCUT2D eigenvalue weighted by molar-refractivity contribution is -0.142. The molecule has 0 aromatic heterocycles. The monoisotopic (exact) mass is 262 g/mol. The number of ether oxygens (including phenoxy) is 1. The Kier molecular flexibility index (Phi) is 5.66. The first-order valence-electron chi connectivity index (χ1n) is 6.94. The van der Waals surface area contributed by atoms with Crippen LogP contribution in [0.5, 0.6) is 0 Å². The minimum atomic E-state index is 0. The van der Waals surface area contributed by atoms with Gasteiger partial charge in [0.25, 0.3) is 0 Å². The molecule has 3 rings (SSSR count). The van der Waals surface area contributed by atoms with E-state index < -0.39 is 0 Å². The van der Waals surface area contributed by atoms with Gasteiger partial charge in [-0.25, -0.2) is 0 Å². The molecule has 0 spiro atoms. The van der Waals surface area contributed by atoms with Gasteiger partial charge in [-0.1, -0.05) is 32.8 Å². The average Bonchev–Trinajstić information content (AvgIpc) is 2.80. The maximum atomic E-state index is 11.7. The summed E-state index contributed by atoms with van der Waals surface area (Å²) in [6.07, 6.45) is 16.5. The smallest absolute Gasteiger partial charge is 0.309 e. The second-order valence-corrected chi connectivity index (χ2v) is 5.66. The highest BCUT2D eigenvalue weighted by Gasteiger charge is 2.50. The van der Waals surface area contributed by atoms with Crippen molar-refractivity contribution in [3.63, 3.8) is 0 Å². The van der Waals surface area contributed by atoms with Crippen molar-refractivity contribution in [2.75, 3.05) is 6.61 Å². The first-order chi connectivity index (χ1) is 8.81. The minimum Gasteiger partial charge on any atom is -0.465 e. The number of carbonyl (C=O) groups excluding carboxylic acids is 1. The molecule has 1 aliphatic heterocycles. The molecule has 1 unspecified atom stereocenters. The molecule has 0 radical (unpaired) electrons. The van der Waals surface area contributed by atoms with Gasteiger partial charge < -0.3 is 4.74 Å². The summed E-state index contributed by atoms with van der Waals surface area (Å²) in [5, 5.41) is 0. The molecule has 0 aromatic rings. The van der Waals surface area contributed by atoms with E-state index in [9.17, 15) is 4.79 Å². The lowest BCUT2D eigenvalue weighted by Gasteiger charge is -2.44. The number of terminal acetylenes is 1. The SMILES string of the molecule is C.C#C.C=C[C@H]1[C@H]2COC(=O)[C@H]2CC2CCCC[C@@H]21. The Labute approximate surface area is 117 Å². The van der Waals surface area contributed by atoms with Crippen LogP contribution in [0.4, 0.5) is 0 Å². The summed E-state index contributed by atoms with van der Waals surface area (Å²) in [5.74, 6) is 2.73. The van der Waals surface area contributed by atoms with Crippen LogP contribution < -0.4 is 0 Å². The van der Waals surface area contributed by atoms with E-state index in [0.29, 0.717) is 18.4 Å². The number of allylic oxidation sites excluding steroid dienone is 1. The lowest BCUT2D eigenvalue weighted by Crippen LogP contribution is -2.41. The molecule has 1 heterocycles. The van der Waals surface area contributed by atoms with Crippen LogP contribution in [0.2, 0.25) is 0 Å². The lowest BCUT2D eigenvalue weighted by atomic mass is 9.58. The van der Waals surface area contributed by atoms with Gasteiger partial charge in [0.05, 0.1) is 12.5 Å². The zero-order chi connectivity index (χ0) is 13.1. The van der Waals surface area contributed by atoms with Crippen LogP contribution >= 0.6 is 0 Å². The minimum absolute atomic E-state index is 0. The summed E-state index contributed by atoms with van der Waals surface area (Å²) < 4.78 is 5.25. The first-order valence-corrected chi connectivity index (χ1v) is 6.94. The van der Waals surface area contributed by atoms with Crippen molar-refractivity contribution in [2.45, 2.75) is 39.5 Å². The summed E-state index contributed by atoms with van der Waals surface area (Å²) in [7, 11) is 0. The molecular formula is C17H26O2. The van der Waals surface area contributed by atoms with Gasteiger partial charge in [0.1, 0.15) is 0 Å². The number of hydrogen-bond donors (Lipinski definition) is 0. The van der Waals surface area contributed by atoms with Gasteiger partial charge in [0, 0.05) is 5.92 Å². The van der Waals surface area contributed by atoms with Crippen LogP contribution in [-0.2, 0) is 9.53 Å². The van der Waals surface area contributed by atoms with E-state index in [1.165, 1.54) is 25.7 Å². The van der Waals surface area contributed by atoms with Crippen LogP contribution in [0, 0.1) is 42.4 Å². The fourth-order valence-corrected chi connectivity index (χ4v) is 4.26. The Hall–Kier alpha value is -1.23. The van der Waals surface area contributed by atoms with Gasteiger partial charge in [-0.3, -0.25) is 4.79 Å². The Morgan fingerprint density at radius 2 is 1.89 bits per heavy atom. The number of fused-ring (bicyclic) bond motifs is 2. The molecule has 19 heavy (non-hydrogen) atoms. The van der Waals surface area contributed by atoms with Crippen molar-refractivity contribution in [3.05, 3.63) is 12.7 Å².